The third kappa shape index (κ3) is 2.06. The first-order valence-corrected chi connectivity index (χ1v) is 6.93. The van der Waals surface area contributed by atoms with Crippen LogP contribution in [0.25, 0.3) is 15.8 Å². The fourth-order valence-corrected chi connectivity index (χ4v) is 3.50. The summed E-state index contributed by atoms with van der Waals surface area (Å²) in [6.45, 7) is 2.46. The zero-order valence-electron chi connectivity index (χ0n) is 10.2. The fraction of sp³-hybridized carbons (Fsp3) is 0.250. The number of halogens is 1. The first kappa shape index (κ1) is 12.4. The van der Waals surface area contributed by atoms with Crippen LogP contribution in [0.4, 0.5) is 5.95 Å². The molecule has 3 rings (SSSR count). The number of nitrogens with one attached hydrogen (secondary N) is 1. The molecule has 0 saturated carbocycles. The van der Waals surface area contributed by atoms with Crippen molar-refractivity contribution in [1.82, 2.24) is 9.97 Å². The molecule has 0 aliphatic carbocycles. The molecule has 2 aromatic heterocycles. The van der Waals surface area contributed by atoms with Crippen molar-refractivity contribution in [3.05, 3.63) is 26.9 Å². The van der Waals surface area contributed by atoms with Gasteiger partial charge >= 0.3 is 0 Å². The van der Waals surface area contributed by atoms with Gasteiger partial charge in [0.1, 0.15) is 10.0 Å². The van der Waals surface area contributed by atoms with E-state index in [-0.39, 0.29) is 11.5 Å². The molecule has 1 aliphatic rings. The number of aromatic nitrogens is 2. The van der Waals surface area contributed by atoms with E-state index in [2.05, 4.69) is 15.0 Å². The molecular weight excluding hydrogens is 284 g/mol. The van der Waals surface area contributed by atoms with E-state index in [0.29, 0.717) is 28.4 Å². The van der Waals surface area contributed by atoms with E-state index in [9.17, 15) is 4.79 Å². The lowest BCUT2D eigenvalue weighted by molar-refractivity contribution is 1.19. The average molecular weight is 295 g/mol. The lowest BCUT2D eigenvalue weighted by Crippen LogP contribution is -2.10. The maximum absolute atomic E-state index is 11.9. The van der Waals surface area contributed by atoms with Crippen molar-refractivity contribution < 1.29 is 0 Å². The van der Waals surface area contributed by atoms with E-state index in [1.165, 1.54) is 11.3 Å². The van der Waals surface area contributed by atoms with E-state index < -0.39 is 0 Å². The number of nitrogen functional groups attached to an aromatic ring is 1. The molecule has 0 aromatic carbocycles. The minimum absolute atomic E-state index is 0.143. The molecule has 0 bridgehead atoms. The van der Waals surface area contributed by atoms with Crippen LogP contribution in [-0.4, -0.2) is 21.7 Å². The number of hydrogen-bond donors (Lipinski definition) is 2. The molecule has 3 N–H and O–H groups in total. The largest absolute Gasteiger partial charge is 0.369 e. The molecular formula is C12H11ClN4OS. The van der Waals surface area contributed by atoms with Crippen LogP contribution in [0, 0.1) is 6.92 Å². The van der Waals surface area contributed by atoms with E-state index in [0.717, 1.165) is 16.0 Å². The van der Waals surface area contributed by atoms with Gasteiger partial charge in [-0.2, -0.15) is 0 Å². The Morgan fingerprint density at radius 2 is 2.32 bits per heavy atom. The van der Waals surface area contributed by atoms with E-state index in [1.54, 1.807) is 0 Å². The molecule has 0 radical (unpaired) electrons. The van der Waals surface area contributed by atoms with Crippen LogP contribution in [0.1, 0.15) is 16.9 Å². The van der Waals surface area contributed by atoms with Crippen molar-refractivity contribution in [3.8, 4) is 0 Å². The molecule has 98 valence electrons. The number of rotatable bonds is 1. The van der Waals surface area contributed by atoms with E-state index in [4.69, 9.17) is 17.3 Å². The van der Waals surface area contributed by atoms with Crippen LogP contribution in [-0.2, 0) is 0 Å². The molecule has 3 heterocycles. The summed E-state index contributed by atoms with van der Waals surface area (Å²) in [4.78, 5) is 24.6. The first-order chi connectivity index (χ1) is 9.06. The number of aromatic amines is 1. The molecule has 2 aromatic rings. The summed E-state index contributed by atoms with van der Waals surface area (Å²) in [5.74, 6) is 0.143. The molecule has 0 unspecified atom stereocenters. The van der Waals surface area contributed by atoms with E-state index >= 15 is 0 Å². The highest BCUT2D eigenvalue weighted by atomic mass is 35.5. The molecule has 0 amide bonds. The first-order valence-electron chi connectivity index (χ1n) is 5.73. The van der Waals surface area contributed by atoms with Crippen molar-refractivity contribution in [3.63, 3.8) is 0 Å². The van der Waals surface area contributed by atoms with Gasteiger partial charge in [-0.05, 0) is 18.1 Å². The number of aliphatic imine (C=N–C) groups is 1. The molecule has 19 heavy (non-hydrogen) atoms. The summed E-state index contributed by atoms with van der Waals surface area (Å²) in [6, 6.07) is 0. The van der Waals surface area contributed by atoms with Crippen molar-refractivity contribution in [2.75, 3.05) is 12.3 Å². The van der Waals surface area contributed by atoms with Crippen LogP contribution in [0.15, 0.2) is 15.9 Å². The van der Waals surface area contributed by atoms with Crippen molar-refractivity contribution in [1.29, 1.82) is 0 Å². The molecule has 0 saturated heterocycles. The average Bonchev–Trinajstić information content (AvgIpc) is 2.67. The van der Waals surface area contributed by atoms with Gasteiger partial charge < -0.3 is 5.73 Å². The minimum atomic E-state index is -0.194. The van der Waals surface area contributed by atoms with Crippen LogP contribution in [0.2, 0.25) is 0 Å². The normalized spacial score (nSPS) is 15.5. The summed E-state index contributed by atoms with van der Waals surface area (Å²) in [6.07, 6.45) is 2.68. The number of dihydropyridines is 1. The molecule has 1 aliphatic heterocycles. The lowest BCUT2D eigenvalue weighted by atomic mass is 10.1. The number of H-pyrrole nitrogens is 1. The quantitative estimate of drug-likeness (QED) is 0.846. The molecule has 7 heteroatoms. The lowest BCUT2D eigenvalue weighted by Gasteiger charge is -2.08. The van der Waals surface area contributed by atoms with Crippen LogP contribution < -0.4 is 11.3 Å². The number of thiophene rings is 1. The Kier molecular flexibility index (Phi) is 2.91. The summed E-state index contributed by atoms with van der Waals surface area (Å²) in [5, 5.41) is 1.22. The Morgan fingerprint density at radius 3 is 3.00 bits per heavy atom. The summed E-state index contributed by atoms with van der Waals surface area (Å²) in [7, 11) is 0. The second kappa shape index (κ2) is 4.47. The van der Waals surface area contributed by atoms with Gasteiger partial charge in [0.2, 0.25) is 5.95 Å². The predicted octanol–water partition coefficient (Wildman–Crippen LogP) is 2.30. The topological polar surface area (TPSA) is 84.1 Å². The van der Waals surface area contributed by atoms with E-state index in [1.807, 2.05) is 13.0 Å². The van der Waals surface area contributed by atoms with Crippen LogP contribution in [0.5, 0.6) is 0 Å². The van der Waals surface area contributed by atoms with Gasteiger partial charge in [0, 0.05) is 11.3 Å². The summed E-state index contributed by atoms with van der Waals surface area (Å²) in [5.41, 5.74) is 7.38. The molecule has 0 spiro atoms. The van der Waals surface area contributed by atoms with Gasteiger partial charge in [0.25, 0.3) is 5.56 Å². The van der Waals surface area contributed by atoms with Crippen molar-refractivity contribution >= 4 is 49.8 Å². The third-order valence-corrected chi connectivity index (χ3v) is 4.58. The second-order valence-corrected chi connectivity index (χ2v) is 5.75. The van der Waals surface area contributed by atoms with Crippen molar-refractivity contribution in [2.24, 2.45) is 4.99 Å². The number of anilines is 1. The Balaban J connectivity index is 2.19. The number of allylic oxidation sites excluding steroid dienone is 1. The highest BCUT2D eigenvalue weighted by Crippen LogP contribution is 2.34. The minimum Gasteiger partial charge on any atom is -0.369 e. The van der Waals surface area contributed by atoms with Crippen molar-refractivity contribution in [2.45, 2.75) is 13.3 Å². The second-order valence-electron chi connectivity index (χ2n) is 4.31. The Hall–Kier alpha value is -1.66. The fourth-order valence-electron chi connectivity index (χ4n) is 2.14. The monoisotopic (exact) mass is 294 g/mol. The smallest absolute Gasteiger partial charge is 0.261 e. The predicted molar refractivity (Wildman–Crippen MR) is 80.1 cm³/mol. The van der Waals surface area contributed by atoms with Gasteiger partial charge in [0.05, 0.1) is 11.9 Å². The zero-order valence-corrected chi connectivity index (χ0v) is 11.7. The Bertz CT molecular complexity index is 787. The maximum Gasteiger partial charge on any atom is 0.261 e. The SMILES string of the molecule is Cc1c(C2=CCC(Cl)=NC2)sc2nc(N)[nH]c(=O)c12. The molecule has 5 nitrogen and oxygen atoms in total. The maximum atomic E-state index is 11.9. The number of nitrogens with zero attached hydrogens (tertiary/aromatic N) is 2. The standard InChI is InChI=1S/C12H11ClN4OS/c1-5-8-10(18)16-12(14)17-11(8)19-9(5)6-2-3-7(13)15-4-6/h2H,3-4H2,1H3,(H3,14,16,17,18). The van der Waals surface area contributed by atoms with Gasteiger partial charge in [-0.3, -0.25) is 14.8 Å². The zero-order chi connectivity index (χ0) is 13.6. The van der Waals surface area contributed by atoms with Gasteiger partial charge in [0.15, 0.2) is 0 Å². The van der Waals surface area contributed by atoms with Crippen LogP contribution in [0.3, 0.4) is 0 Å². The number of aryl methyl sites for hydroxylation is 1. The van der Waals surface area contributed by atoms with Crippen LogP contribution >= 0.6 is 22.9 Å². The summed E-state index contributed by atoms with van der Waals surface area (Å²) < 4.78 is 0. The molecule has 0 atom stereocenters. The highest BCUT2D eigenvalue weighted by molar-refractivity contribution is 7.19. The Labute approximate surface area is 117 Å². The highest BCUT2D eigenvalue weighted by Gasteiger charge is 2.17. The molecule has 0 fully saturated rings. The number of fused-ring (bicyclic) bond motifs is 1. The Morgan fingerprint density at radius 1 is 1.53 bits per heavy atom. The van der Waals surface area contributed by atoms with Gasteiger partial charge in [-0.25, -0.2) is 4.98 Å². The van der Waals surface area contributed by atoms with Gasteiger partial charge in [-0.1, -0.05) is 17.7 Å². The third-order valence-electron chi connectivity index (χ3n) is 3.05. The summed E-state index contributed by atoms with van der Waals surface area (Å²) >= 11 is 7.33. The number of nitrogens with two attached hydrogens (primary N) is 1. The van der Waals surface area contributed by atoms with Gasteiger partial charge in [-0.15, -0.1) is 11.3 Å². The number of hydrogen-bond acceptors (Lipinski definition) is 5.